The van der Waals surface area contributed by atoms with Crippen LogP contribution in [0, 0.1) is 6.33 Å². The van der Waals surface area contributed by atoms with E-state index in [0.29, 0.717) is 11.5 Å². The minimum Gasteiger partial charge on any atom is -0.458 e. The molecule has 0 saturated carbocycles. The first-order chi connectivity index (χ1) is 52.7. The summed E-state index contributed by atoms with van der Waals surface area (Å²) in [6.07, 6.45) is 5.98. The van der Waals surface area contributed by atoms with Gasteiger partial charge in [-0.3, -0.25) is 13.7 Å². The molecule has 0 spiro atoms. The van der Waals surface area contributed by atoms with Crippen LogP contribution in [0.5, 0.6) is 11.5 Å². The fraction of sp³-hybridized carbons (Fsp3) is 0.0400. The predicted molar refractivity (Wildman–Crippen MR) is 439 cm³/mol. The van der Waals surface area contributed by atoms with Gasteiger partial charge in [0.2, 0.25) is 0 Å². The molecule has 7 nitrogen and oxygen atoms in total. The Balaban J connectivity index is 0.831. The number of aromatic nitrogens is 4. The Morgan fingerprint density at radius 3 is 1.24 bits per heavy atom. The van der Waals surface area contributed by atoms with Gasteiger partial charge in [0.1, 0.15) is 39.6 Å². The van der Waals surface area contributed by atoms with Gasteiger partial charge in [-0.25, -0.2) is 4.98 Å². The quantitative estimate of drug-likeness (QED) is 0.0852. The topological polar surface area (TPSA) is 62.1 Å². The van der Waals surface area contributed by atoms with Crippen molar-refractivity contribution >= 4 is 76.7 Å². The van der Waals surface area contributed by atoms with Gasteiger partial charge in [0.15, 0.2) is 0 Å². The minimum atomic E-state index is -0.0658. The summed E-state index contributed by atoms with van der Waals surface area (Å²) >= 11 is 0. The van der Waals surface area contributed by atoms with Gasteiger partial charge in [-0.15, -0.1) is 0 Å². The maximum absolute atomic E-state index is 7.40. The lowest BCUT2D eigenvalue weighted by atomic mass is 9.88. The molecule has 0 atom stereocenters. The van der Waals surface area contributed by atoms with Crippen LogP contribution in [0.1, 0.15) is 26.3 Å². The maximum Gasteiger partial charge on any atom is 0.269 e. The molecule has 0 saturated heterocycles. The number of fused-ring (bicyclic) bond motifs is 10. The van der Waals surface area contributed by atoms with Gasteiger partial charge in [-0.2, -0.15) is 0 Å². The zero-order valence-electron chi connectivity index (χ0n) is 59.1. The normalized spacial score (nSPS) is 11.9. The molecule has 0 unspecified atom stereocenters. The second kappa shape index (κ2) is 25.5. The first-order valence-corrected chi connectivity index (χ1v) is 36.5. The average Bonchev–Trinajstić information content (AvgIpc) is 1.65. The number of ether oxygens (including phenoxy) is 1. The van der Waals surface area contributed by atoms with Gasteiger partial charge in [0, 0.05) is 66.8 Å². The molecule has 0 aliphatic rings. The van der Waals surface area contributed by atoms with Crippen molar-refractivity contribution < 1.29 is 18.1 Å². The second-order valence-electron chi connectivity index (χ2n) is 28.7. The molecule has 0 bridgehead atoms. The lowest BCUT2D eigenvalue weighted by Crippen LogP contribution is -2.31. The summed E-state index contributed by atoms with van der Waals surface area (Å²) in [5, 5.41) is 6.32. The molecule has 5 aromatic heterocycles. The van der Waals surface area contributed by atoms with E-state index in [-0.39, 0.29) is 5.41 Å². The number of benzene rings is 15. The van der Waals surface area contributed by atoms with Gasteiger partial charge in [-0.1, -0.05) is 269 Å². The predicted octanol–water partition coefficient (Wildman–Crippen LogP) is 26.4. The number of pyridine rings is 1. The van der Waals surface area contributed by atoms with E-state index in [1.807, 2.05) is 12.3 Å². The van der Waals surface area contributed by atoms with Gasteiger partial charge in [-0.05, 0) is 175 Å². The lowest BCUT2D eigenvalue weighted by Gasteiger charge is -2.20. The first kappa shape index (κ1) is 62.9. The third kappa shape index (κ3) is 11.0. The summed E-state index contributed by atoms with van der Waals surface area (Å²) in [6, 6.07) is 126. The highest BCUT2D eigenvalue weighted by Gasteiger charge is 2.28. The van der Waals surface area contributed by atoms with E-state index >= 15 is 0 Å². The Morgan fingerprint density at radius 2 is 0.738 bits per heavy atom. The highest BCUT2D eigenvalue weighted by atomic mass is 16.5. The van der Waals surface area contributed by atoms with Crippen LogP contribution < -0.4 is 9.30 Å². The highest BCUT2D eigenvalue weighted by Crippen LogP contribution is 2.49. The first-order valence-electron chi connectivity index (χ1n) is 36.5. The maximum atomic E-state index is 7.40. The van der Waals surface area contributed by atoms with Crippen LogP contribution in [-0.4, -0.2) is 14.1 Å². The molecular weight excluding hydrogens is 1310 g/mol. The van der Waals surface area contributed by atoms with Crippen molar-refractivity contribution in [1.82, 2.24) is 14.1 Å². The van der Waals surface area contributed by atoms with Crippen molar-refractivity contribution in [2.75, 3.05) is 0 Å². The average molecular weight is 1370 g/mol. The fourth-order valence-electron chi connectivity index (χ4n) is 16.0. The molecule has 0 fully saturated rings. The third-order valence-corrected chi connectivity index (χ3v) is 21.1. The summed E-state index contributed by atoms with van der Waals surface area (Å²) in [5.41, 5.74) is 26.9. The largest absolute Gasteiger partial charge is 0.458 e. The number of para-hydroxylation sites is 4. The molecule has 7 heteroatoms. The Labute approximate surface area is 619 Å². The van der Waals surface area contributed by atoms with Crippen molar-refractivity contribution in [1.29, 1.82) is 0 Å². The van der Waals surface area contributed by atoms with Crippen LogP contribution in [0.25, 0.3) is 183 Å². The summed E-state index contributed by atoms with van der Waals surface area (Å²) in [7, 11) is 0. The molecule has 0 radical (unpaired) electrons. The Kier molecular flexibility index (Phi) is 15.0. The van der Waals surface area contributed by atoms with E-state index in [2.05, 4.69) is 387 Å². The van der Waals surface area contributed by atoms with Gasteiger partial charge >= 0.3 is 0 Å². The zero-order chi connectivity index (χ0) is 71.3. The van der Waals surface area contributed by atoms with Crippen LogP contribution in [0.2, 0.25) is 0 Å². The summed E-state index contributed by atoms with van der Waals surface area (Å²) in [5.74, 6) is 2.24. The third-order valence-electron chi connectivity index (χ3n) is 21.1. The molecule has 0 aliphatic carbocycles. The van der Waals surface area contributed by atoms with E-state index in [0.717, 1.165) is 183 Å². The van der Waals surface area contributed by atoms with Crippen LogP contribution >= 0.6 is 0 Å². The number of rotatable bonds is 13. The van der Waals surface area contributed by atoms with Crippen molar-refractivity contribution in [2.45, 2.75) is 26.2 Å². The van der Waals surface area contributed by atoms with Crippen molar-refractivity contribution in [3.05, 3.63) is 370 Å². The molecule has 0 N–H and O–H groups in total. The summed E-state index contributed by atoms with van der Waals surface area (Å²) < 4.78 is 28.5. The van der Waals surface area contributed by atoms with E-state index in [1.54, 1.807) is 0 Å². The molecule has 5 heterocycles. The lowest BCUT2D eigenvalue weighted by molar-refractivity contribution is -0.571. The monoisotopic (exact) mass is 1370 g/mol. The molecule has 0 aliphatic heterocycles. The molecule has 107 heavy (non-hydrogen) atoms. The molecule has 506 valence electrons. The number of nitrogens with zero attached hydrogens (tertiary/aromatic N) is 4. The molecule has 20 aromatic rings. The SMILES string of the molecule is CC(C)(C)c1ccnc(-n2c3ccccc3c3ccc(Oc4cccc(-n5[c-][n+](-c6c(-c7cc(-c8ccccc8)c8oc9c(-c%10ccccc%10)cc(-c%10ccccc%10)cc9c8c7)cccc6-c6cc(-c7ccccc7)c7oc8c(-c9ccccc9)cc(-c9ccccc9)cc8c7c6)c6ccccc65)c4)cc32)c1. The van der Waals surface area contributed by atoms with Crippen LogP contribution in [-0.2, 0) is 5.41 Å². The Morgan fingerprint density at radius 1 is 0.318 bits per heavy atom. The smallest absolute Gasteiger partial charge is 0.269 e. The summed E-state index contributed by atoms with van der Waals surface area (Å²) in [6.45, 7) is 6.72. The van der Waals surface area contributed by atoms with Crippen LogP contribution in [0.3, 0.4) is 0 Å². The van der Waals surface area contributed by atoms with Crippen molar-refractivity contribution in [2.24, 2.45) is 0 Å². The minimum absolute atomic E-state index is 0.0658. The Hall–Kier alpha value is -13.9. The van der Waals surface area contributed by atoms with E-state index in [4.69, 9.17) is 18.6 Å². The Bertz CT molecular complexity index is 6580. The van der Waals surface area contributed by atoms with E-state index < -0.39 is 0 Å². The summed E-state index contributed by atoms with van der Waals surface area (Å²) in [4.78, 5) is 4.98. The fourth-order valence-corrected chi connectivity index (χ4v) is 16.0. The number of imidazole rings is 1. The van der Waals surface area contributed by atoms with Crippen LogP contribution in [0.15, 0.2) is 367 Å². The number of hydrogen-bond acceptors (Lipinski definition) is 4. The molecule has 15 aromatic carbocycles. The van der Waals surface area contributed by atoms with Crippen molar-refractivity contribution in [3.63, 3.8) is 0 Å². The number of hydrogen-bond donors (Lipinski definition) is 0. The van der Waals surface area contributed by atoms with E-state index in [9.17, 15) is 0 Å². The standard InChI is InChI=1S/C100H68N4O3/c1-100(2,3)74-50-51-101-94(60-74)104-90-45-23-22-42-80(90)81-49-48-77(62-93(81)104)105-76-41-26-40-75(61-76)102-63-103(92-47-25-24-46-91(92)102)95-78(72-56-84(68-36-18-8-19-37-68)98-88(58-72)86-54-70(64-28-10-4-11-29-64)52-82(96(86)106-98)66-32-14-6-15-33-66)43-27-44-79(95)73-57-85(69-38-20-9-21-39-69)99-89(59-73)87-55-71(65-30-12-5-13-31-65)53-83(97(87)107-99)67-34-16-7-17-35-67/h4-62H,1-3H3. The van der Waals surface area contributed by atoms with E-state index in [1.165, 1.54) is 5.56 Å². The molecule has 0 amide bonds. The molecular formula is C100H68N4O3. The molecule has 20 rings (SSSR count). The second-order valence-corrected chi connectivity index (χ2v) is 28.7. The van der Waals surface area contributed by atoms with Gasteiger partial charge in [0.05, 0.1) is 33.4 Å². The van der Waals surface area contributed by atoms with Crippen molar-refractivity contribution in [3.8, 4) is 118 Å². The van der Waals surface area contributed by atoms with Gasteiger partial charge < -0.3 is 13.6 Å². The number of furan rings is 2. The van der Waals surface area contributed by atoms with Gasteiger partial charge in [0.25, 0.3) is 6.33 Å². The van der Waals surface area contributed by atoms with Crippen LogP contribution in [0.4, 0.5) is 0 Å². The zero-order valence-corrected chi connectivity index (χ0v) is 59.1. The highest BCUT2D eigenvalue weighted by molar-refractivity contribution is 6.18.